The number of carbonyl (C=O) groups is 1. The van der Waals surface area contributed by atoms with Crippen molar-refractivity contribution in [3.05, 3.63) is 77.5 Å². The van der Waals surface area contributed by atoms with Gasteiger partial charge in [0.25, 0.3) is 0 Å². The summed E-state index contributed by atoms with van der Waals surface area (Å²) in [7, 11) is 0. The molecule has 0 saturated carbocycles. The van der Waals surface area contributed by atoms with Crippen LogP contribution >= 0.6 is 0 Å². The lowest BCUT2D eigenvalue weighted by Gasteiger charge is -2.04. The highest BCUT2D eigenvalue weighted by atomic mass is 16.1. The van der Waals surface area contributed by atoms with Crippen LogP contribution in [0.4, 0.5) is 5.69 Å². The maximum atomic E-state index is 11.8. The molecule has 19 heavy (non-hydrogen) atoms. The first-order valence-electron chi connectivity index (χ1n) is 6.26. The summed E-state index contributed by atoms with van der Waals surface area (Å²) in [5.41, 5.74) is 4.17. The fourth-order valence-corrected chi connectivity index (χ4v) is 1.74. The van der Waals surface area contributed by atoms with Gasteiger partial charge in [-0.25, -0.2) is 0 Å². The van der Waals surface area contributed by atoms with E-state index < -0.39 is 0 Å². The molecular weight excluding hydrogens is 234 g/mol. The van der Waals surface area contributed by atoms with Crippen molar-refractivity contribution < 1.29 is 4.79 Å². The molecule has 0 aliphatic rings. The van der Waals surface area contributed by atoms with Crippen LogP contribution in [0.25, 0.3) is 0 Å². The number of carbonyl (C=O) groups excluding carboxylic acids is 1. The zero-order chi connectivity index (χ0) is 13.7. The number of hydrogen-bond donors (Lipinski definition) is 1. The quantitative estimate of drug-likeness (QED) is 0.654. The summed E-state index contributed by atoms with van der Waals surface area (Å²) in [5.74, 6) is -0.00284. The Bertz CT molecular complexity index is 600. The minimum Gasteiger partial charge on any atom is -0.362 e. The largest absolute Gasteiger partial charge is 0.362 e. The molecule has 0 fully saturated rings. The highest BCUT2D eigenvalue weighted by molar-refractivity contribution is 6.04. The van der Waals surface area contributed by atoms with Gasteiger partial charge in [-0.1, -0.05) is 36.4 Å². The molecular formula is C17H17NO. The Balaban J connectivity index is 2.00. The minimum atomic E-state index is -0.00284. The smallest absolute Gasteiger partial charge is 0.187 e. The predicted molar refractivity (Wildman–Crippen MR) is 79.5 cm³/mol. The Morgan fingerprint density at radius 2 is 1.74 bits per heavy atom. The van der Waals surface area contributed by atoms with E-state index in [-0.39, 0.29) is 5.78 Å². The summed E-state index contributed by atoms with van der Waals surface area (Å²) in [5, 5.41) is 3.11. The van der Waals surface area contributed by atoms with Crippen LogP contribution in [0, 0.1) is 13.8 Å². The van der Waals surface area contributed by atoms with E-state index in [2.05, 4.69) is 31.3 Å². The summed E-state index contributed by atoms with van der Waals surface area (Å²) in [6.45, 7) is 4.15. The normalized spacial score (nSPS) is 10.6. The summed E-state index contributed by atoms with van der Waals surface area (Å²) in [4.78, 5) is 11.8. The Morgan fingerprint density at radius 3 is 2.42 bits per heavy atom. The van der Waals surface area contributed by atoms with Crippen LogP contribution in [0.1, 0.15) is 21.5 Å². The second-order valence-electron chi connectivity index (χ2n) is 4.51. The van der Waals surface area contributed by atoms with Gasteiger partial charge in [0.05, 0.1) is 0 Å². The van der Waals surface area contributed by atoms with E-state index >= 15 is 0 Å². The summed E-state index contributed by atoms with van der Waals surface area (Å²) in [6.07, 6.45) is 3.23. The van der Waals surface area contributed by atoms with Crippen LogP contribution in [0.15, 0.2) is 60.8 Å². The number of allylic oxidation sites excluding steroid dienone is 1. The molecule has 1 N–H and O–H groups in total. The average molecular weight is 251 g/mol. The molecule has 0 saturated heterocycles. The van der Waals surface area contributed by atoms with E-state index in [1.54, 1.807) is 12.3 Å². The second-order valence-corrected chi connectivity index (χ2v) is 4.51. The van der Waals surface area contributed by atoms with Crippen LogP contribution in [-0.4, -0.2) is 5.78 Å². The van der Waals surface area contributed by atoms with Gasteiger partial charge in [-0.3, -0.25) is 4.79 Å². The Morgan fingerprint density at radius 1 is 1.00 bits per heavy atom. The van der Waals surface area contributed by atoms with Crippen LogP contribution in [0.5, 0.6) is 0 Å². The number of aryl methyl sites for hydroxylation is 2. The highest BCUT2D eigenvalue weighted by Crippen LogP contribution is 2.14. The highest BCUT2D eigenvalue weighted by Gasteiger charge is 1.99. The third-order valence-corrected chi connectivity index (χ3v) is 3.05. The zero-order valence-electron chi connectivity index (χ0n) is 11.2. The predicted octanol–water partition coefficient (Wildman–Crippen LogP) is 4.11. The van der Waals surface area contributed by atoms with Gasteiger partial charge in [-0.05, 0) is 37.1 Å². The van der Waals surface area contributed by atoms with Gasteiger partial charge in [-0.2, -0.15) is 0 Å². The molecule has 2 nitrogen and oxygen atoms in total. The zero-order valence-corrected chi connectivity index (χ0v) is 11.2. The van der Waals surface area contributed by atoms with Crippen molar-refractivity contribution in [2.45, 2.75) is 13.8 Å². The molecule has 2 heteroatoms. The van der Waals surface area contributed by atoms with E-state index in [9.17, 15) is 4.79 Å². The molecule has 2 aromatic carbocycles. The van der Waals surface area contributed by atoms with E-state index in [0.717, 1.165) is 5.69 Å². The first-order chi connectivity index (χ1) is 9.16. The first-order valence-corrected chi connectivity index (χ1v) is 6.26. The van der Waals surface area contributed by atoms with Crippen molar-refractivity contribution in [1.82, 2.24) is 0 Å². The number of anilines is 1. The van der Waals surface area contributed by atoms with Gasteiger partial charge >= 0.3 is 0 Å². The maximum absolute atomic E-state index is 11.8. The summed E-state index contributed by atoms with van der Waals surface area (Å²) >= 11 is 0. The van der Waals surface area contributed by atoms with Crippen molar-refractivity contribution in [2.75, 3.05) is 5.32 Å². The van der Waals surface area contributed by atoms with Crippen molar-refractivity contribution in [2.24, 2.45) is 0 Å². The maximum Gasteiger partial charge on any atom is 0.187 e. The molecule has 0 atom stereocenters. The van der Waals surface area contributed by atoms with E-state index in [4.69, 9.17) is 0 Å². The van der Waals surface area contributed by atoms with Gasteiger partial charge < -0.3 is 5.32 Å². The fraction of sp³-hybridized carbons (Fsp3) is 0.118. The number of hydrogen-bond acceptors (Lipinski definition) is 2. The van der Waals surface area contributed by atoms with E-state index in [1.807, 2.05) is 36.4 Å². The molecule has 0 radical (unpaired) electrons. The number of ketones is 1. The van der Waals surface area contributed by atoms with Crippen molar-refractivity contribution in [3.63, 3.8) is 0 Å². The van der Waals surface area contributed by atoms with Crippen LogP contribution < -0.4 is 5.32 Å². The SMILES string of the molecule is Cc1ccc(N/C=C/C(=O)c2ccccc2)cc1C. The lowest BCUT2D eigenvalue weighted by Crippen LogP contribution is -1.96. The number of rotatable bonds is 4. The Labute approximate surface area is 113 Å². The van der Waals surface area contributed by atoms with Gasteiger partial charge in [0.2, 0.25) is 0 Å². The fourth-order valence-electron chi connectivity index (χ4n) is 1.74. The van der Waals surface area contributed by atoms with Crippen molar-refractivity contribution in [3.8, 4) is 0 Å². The van der Waals surface area contributed by atoms with Gasteiger partial charge in [0.1, 0.15) is 0 Å². The molecule has 0 spiro atoms. The third kappa shape index (κ3) is 3.55. The minimum absolute atomic E-state index is 0.00284. The van der Waals surface area contributed by atoms with Crippen LogP contribution in [0.3, 0.4) is 0 Å². The lowest BCUT2D eigenvalue weighted by atomic mass is 10.1. The number of nitrogens with one attached hydrogen (secondary N) is 1. The standard InChI is InChI=1S/C17H17NO/c1-13-8-9-16(12-14(13)2)18-11-10-17(19)15-6-4-3-5-7-15/h3-12,18H,1-2H3/b11-10+. The molecule has 0 aliphatic carbocycles. The Kier molecular flexibility index (Phi) is 4.14. The Hall–Kier alpha value is -2.35. The molecule has 0 unspecified atom stereocenters. The second kappa shape index (κ2) is 6.01. The first kappa shape index (κ1) is 13.1. The van der Waals surface area contributed by atoms with E-state index in [1.165, 1.54) is 11.1 Å². The van der Waals surface area contributed by atoms with Crippen LogP contribution in [0.2, 0.25) is 0 Å². The average Bonchev–Trinajstić information content (AvgIpc) is 2.43. The monoisotopic (exact) mass is 251 g/mol. The van der Waals surface area contributed by atoms with Gasteiger partial charge in [0, 0.05) is 23.5 Å². The van der Waals surface area contributed by atoms with E-state index in [0.29, 0.717) is 5.56 Å². The molecule has 0 aromatic heterocycles. The molecule has 2 rings (SSSR count). The molecule has 0 amide bonds. The number of benzene rings is 2. The molecule has 0 bridgehead atoms. The molecule has 2 aromatic rings. The lowest BCUT2D eigenvalue weighted by molar-refractivity contribution is 0.104. The van der Waals surface area contributed by atoms with Crippen LogP contribution in [-0.2, 0) is 0 Å². The van der Waals surface area contributed by atoms with Gasteiger partial charge in [0.15, 0.2) is 5.78 Å². The summed E-state index contributed by atoms with van der Waals surface area (Å²) in [6, 6.07) is 15.4. The molecule has 96 valence electrons. The van der Waals surface area contributed by atoms with Gasteiger partial charge in [-0.15, -0.1) is 0 Å². The van der Waals surface area contributed by atoms with Crippen molar-refractivity contribution in [1.29, 1.82) is 0 Å². The van der Waals surface area contributed by atoms with Crippen molar-refractivity contribution >= 4 is 11.5 Å². The molecule has 0 heterocycles. The summed E-state index contributed by atoms with van der Waals surface area (Å²) < 4.78 is 0. The topological polar surface area (TPSA) is 29.1 Å². The molecule has 0 aliphatic heterocycles. The third-order valence-electron chi connectivity index (χ3n) is 3.05.